The third kappa shape index (κ3) is 1.30. The molecule has 0 bridgehead atoms. The Morgan fingerprint density at radius 1 is 1.50 bits per heavy atom. The summed E-state index contributed by atoms with van der Waals surface area (Å²) in [5, 5.41) is 3.61. The number of nitrogens with zero attached hydrogens (tertiary/aromatic N) is 1. The van der Waals surface area contributed by atoms with Crippen molar-refractivity contribution in [1.29, 1.82) is 0 Å². The fourth-order valence-corrected chi connectivity index (χ4v) is 1.20. The number of allylic oxidation sites excluding steroid dienone is 2. The van der Waals surface area contributed by atoms with Crippen LogP contribution in [0.25, 0.3) is 0 Å². The number of carbonyl (C=O) groups excluding carboxylic acids is 1. The van der Waals surface area contributed by atoms with Crippen LogP contribution >= 0.6 is 0 Å². The van der Waals surface area contributed by atoms with Gasteiger partial charge in [-0.3, -0.25) is 4.79 Å². The summed E-state index contributed by atoms with van der Waals surface area (Å²) >= 11 is 0. The van der Waals surface area contributed by atoms with E-state index in [1.807, 2.05) is 0 Å². The number of rotatable bonds is 4. The van der Waals surface area contributed by atoms with Crippen LogP contribution in [0.2, 0.25) is 0 Å². The van der Waals surface area contributed by atoms with Crippen molar-refractivity contribution >= 4 is 12.1 Å². The van der Waals surface area contributed by atoms with Crippen LogP contribution in [0, 0.1) is 5.41 Å². The maximum Gasteiger partial charge on any atom is 0.253 e. The van der Waals surface area contributed by atoms with Gasteiger partial charge >= 0.3 is 0 Å². The Labute approximate surface area is 71.9 Å². The molecule has 3 nitrogen and oxygen atoms in total. The number of carbonyl (C=O) groups is 1. The molecule has 1 amide bonds. The minimum absolute atomic E-state index is 0.123. The topological polar surface area (TPSA) is 41.5 Å². The fourth-order valence-electron chi connectivity index (χ4n) is 1.20. The van der Waals surface area contributed by atoms with Gasteiger partial charge in [0.25, 0.3) is 5.91 Å². The standard InChI is InChI=1S/C9H11N2O/c1-3-5-9(6-4-2)7-10-11-8(9)12/h3-4H,1-2,5-6H2,(H,11,12). The van der Waals surface area contributed by atoms with Crippen LogP contribution in [-0.4, -0.2) is 12.1 Å². The molecule has 0 atom stereocenters. The summed E-state index contributed by atoms with van der Waals surface area (Å²) < 4.78 is 0. The molecule has 1 aliphatic heterocycles. The molecular weight excluding hydrogens is 152 g/mol. The molecule has 1 heterocycles. The molecule has 0 aromatic rings. The number of nitrogens with one attached hydrogen (secondary N) is 1. The van der Waals surface area contributed by atoms with Crippen molar-refractivity contribution in [2.45, 2.75) is 12.8 Å². The molecule has 0 saturated heterocycles. The Hall–Kier alpha value is -1.38. The van der Waals surface area contributed by atoms with E-state index in [1.165, 1.54) is 0 Å². The van der Waals surface area contributed by atoms with Crippen LogP contribution in [0.15, 0.2) is 30.4 Å². The highest BCUT2D eigenvalue weighted by Gasteiger charge is 2.38. The van der Waals surface area contributed by atoms with E-state index in [-0.39, 0.29) is 5.91 Å². The van der Waals surface area contributed by atoms with E-state index in [2.05, 4.69) is 29.9 Å². The van der Waals surface area contributed by atoms with Gasteiger partial charge in [0.05, 0.1) is 0 Å². The zero-order valence-corrected chi connectivity index (χ0v) is 6.84. The second-order valence-corrected chi connectivity index (χ2v) is 2.73. The lowest BCUT2D eigenvalue weighted by atomic mass is 9.82. The van der Waals surface area contributed by atoms with Crippen molar-refractivity contribution in [2.24, 2.45) is 10.5 Å². The zero-order chi connectivity index (χ0) is 9.03. The van der Waals surface area contributed by atoms with E-state index in [9.17, 15) is 4.79 Å². The molecule has 63 valence electrons. The number of hydrogen-bond acceptors (Lipinski definition) is 2. The maximum atomic E-state index is 11.3. The predicted octanol–water partition coefficient (Wildman–Crippen LogP) is 1.12. The van der Waals surface area contributed by atoms with Crippen LogP contribution < -0.4 is 5.43 Å². The van der Waals surface area contributed by atoms with Crippen LogP contribution in [0.5, 0.6) is 0 Å². The smallest absolute Gasteiger partial charge is 0.253 e. The van der Waals surface area contributed by atoms with Crippen molar-refractivity contribution in [2.75, 3.05) is 0 Å². The Morgan fingerprint density at radius 2 is 2.08 bits per heavy atom. The van der Waals surface area contributed by atoms with Gasteiger partial charge in [0.2, 0.25) is 0 Å². The Kier molecular flexibility index (Phi) is 2.43. The van der Waals surface area contributed by atoms with E-state index in [0.29, 0.717) is 12.8 Å². The molecule has 0 aromatic heterocycles. The van der Waals surface area contributed by atoms with Crippen LogP contribution in [0.4, 0.5) is 0 Å². The highest BCUT2D eigenvalue weighted by molar-refractivity contribution is 6.02. The van der Waals surface area contributed by atoms with Gasteiger partial charge in [0, 0.05) is 0 Å². The van der Waals surface area contributed by atoms with E-state index in [0.717, 1.165) is 0 Å². The van der Waals surface area contributed by atoms with E-state index < -0.39 is 5.41 Å². The molecule has 0 unspecified atom stereocenters. The second kappa shape index (κ2) is 3.34. The summed E-state index contributed by atoms with van der Waals surface area (Å²) in [6.45, 7) is 7.18. The first-order chi connectivity index (χ1) is 5.75. The number of amides is 1. The van der Waals surface area contributed by atoms with Crippen molar-refractivity contribution in [3.05, 3.63) is 25.3 Å². The molecule has 0 fully saturated rings. The second-order valence-electron chi connectivity index (χ2n) is 2.73. The molecule has 3 heteroatoms. The van der Waals surface area contributed by atoms with Gasteiger partial charge in [0.15, 0.2) is 0 Å². The van der Waals surface area contributed by atoms with Crippen molar-refractivity contribution in [3.8, 4) is 0 Å². The minimum atomic E-state index is -0.649. The fraction of sp³-hybridized carbons (Fsp3) is 0.333. The van der Waals surface area contributed by atoms with Crippen molar-refractivity contribution < 1.29 is 4.79 Å². The molecule has 0 spiro atoms. The quantitative estimate of drug-likeness (QED) is 0.620. The first-order valence-corrected chi connectivity index (χ1v) is 3.74. The van der Waals surface area contributed by atoms with E-state index >= 15 is 0 Å². The molecule has 1 radical (unpaired) electrons. The molecular formula is C9H11N2O. The van der Waals surface area contributed by atoms with Gasteiger partial charge in [-0.25, -0.2) is 5.43 Å². The largest absolute Gasteiger partial charge is 0.272 e. The molecule has 0 aliphatic carbocycles. The van der Waals surface area contributed by atoms with Gasteiger partial charge < -0.3 is 0 Å². The zero-order valence-electron chi connectivity index (χ0n) is 6.84. The SMILES string of the molecule is C=CCC1(CC=C)[C]=NNC1=O. The Bertz CT molecular complexity index is 233. The normalized spacial score (nSPS) is 18.8. The van der Waals surface area contributed by atoms with Gasteiger partial charge in [-0.05, 0) is 12.8 Å². The summed E-state index contributed by atoms with van der Waals surface area (Å²) in [6, 6.07) is 0. The average Bonchev–Trinajstić information content (AvgIpc) is 2.35. The molecule has 0 aromatic carbocycles. The summed E-state index contributed by atoms with van der Waals surface area (Å²) in [6.07, 6.45) is 7.23. The molecule has 1 rings (SSSR count). The molecule has 12 heavy (non-hydrogen) atoms. The lowest BCUT2D eigenvalue weighted by molar-refractivity contribution is -0.126. The monoisotopic (exact) mass is 163 g/mol. The maximum absolute atomic E-state index is 11.3. The lowest BCUT2D eigenvalue weighted by Crippen LogP contribution is -2.33. The van der Waals surface area contributed by atoms with Crippen LogP contribution in [0.3, 0.4) is 0 Å². The van der Waals surface area contributed by atoms with E-state index in [4.69, 9.17) is 0 Å². The lowest BCUT2D eigenvalue weighted by Gasteiger charge is -2.18. The van der Waals surface area contributed by atoms with Crippen LogP contribution in [-0.2, 0) is 4.79 Å². The summed E-state index contributed by atoms with van der Waals surface area (Å²) in [7, 11) is 0. The van der Waals surface area contributed by atoms with Gasteiger partial charge in [0.1, 0.15) is 11.6 Å². The third-order valence-electron chi connectivity index (χ3n) is 1.85. The third-order valence-corrected chi connectivity index (χ3v) is 1.85. The summed E-state index contributed by atoms with van der Waals surface area (Å²) in [5.41, 5.74) is 1.71. The van der Waals surface area contributed by atoms with Crippen LogP contribution in [0.1, 0.15) is 12.8 Å². The minimum Gasteiger partial charge on any atom is -0.272 e. The number of hydrogen-bond donors (Lipinski definition) is 1. The molecule has 1 N–H and O–H groups in total. The summed E-state index contributed by atoms with van der Waals surface area (Å²) in [5.74, 6) is -0.123. The highest BCUT2D eigenvalue weighted by atomic mass is 16.2. The summed E-state index contributed by atoms with van der Waals surface area (Å²) in [4.78, 5) is 11.3. The first kappa shape index (κ1) is 8.71. The average molecular weight is 163 g/mol. The van der Waals surface area contributed by atoms with E-state index in [1.54, 1.807) is 12.2 Å². The Balaban J connectivity index is 2.83. The number of hydrazone groups is 1. The van der Waals surface area contributed by atoms with Gasteiger partial charge in [-0.2, -0.15) is 5.10 Å². The highest BCUT2D eigenvalue weighted by Crippen LogP contribution is 2.28. The van der Waals surface area contributed by atoms with Gasteiger partial charge in [-0.15, -0.1) is 13.2 Å². The first-order valence-electron chi connectivity index (χ1n) is 3.74. The van der Waals surface area contributed by atoms with Crippen molar-refractivity contribution in [1.82, 2.24) is 5.43 Å². The molecule has 1 aliphatic rings. The predicted molar refractivity (Wildman–Crippen MR) is 47.6 cm³/mol. The van der Waals surface area contributed by atoms with Gasteiger partial charge in [-0.1, -0.05) is 12.2 Å². The molecule has 0 saturated carbocycles. The van der Waals surface area contributed by atoms with Crippen molar-refractivity contribution in [3.63, 3.8) is 0 Å². The Morgan fingerprint density at radius 3 is 2.42 bits per heavy atom.